The van der Waals surface area contributed by atoms with Crippen LogP contribution in [0.2, 0.25) is 10.3 Å². The summed E-state index contributed by atoms with van der Waals surface area (Å²) < 4.78 is 0. The maximum absolute atomic E-state index is 12.1. The number of halogens is 2. The first kappa shape index (κ1) is 13.8. The highest BCUT2D eigenvalue weighted by Gasteiger charge is 2.17. The van der Waals surface area contributed by atoms with Gasteiger partial charge in [-0.1, -0.05) is 23.2 Å². The molecule has 0 fully saturated rings. The predicted molar refractivity (Wildman–Crippen MR) is 66.1 cm³/mol. The smallest absolute Gasteiger partial charge is 0.257 e. The molecular weight excluding hydrogens is 261 g/mol. The maximum Gasteiger partial charge on any atom is 0.257 e. The quantitative estimate of drug-likeness (QED) is 0.792. The monoisotopic (exact) mass is 271 g/mol. The lowest BCUT2D eigenvalue weighted by molar-refractivity contribution is 0.0767. The van der Waals surface area contributed by atoms with Crippen molar-refractivity contribution in [1.29, 1.82) is 5.26 Å². The van der Waals surface area contributed by atoms with Crippen LogP contribution in [-0.4, -0.2) is 28.9 Å². The Morgan fingerprint density at radius 1 is 1.53 bits per heavy atom. The third kappa shape index (κ3) is 3.58. The second-order valence-electron chi connectivity index (χ2n) is 3.27. The Morgan fingerprint density at radius 2 is 2.24 bits per heavy atom. The topological polar surface area (TPSA) is 57.0 Å². The van der Waals surface area contributed by atoms with E-state index in [0.717, 1.165) is 0 Å². The van der Waals surface area contributed by atoms with Crippen LogP contribution in [-0.2, 0) is 0 Å². The molecule has 0 spiro atoms. The molecule has 1 aromatic rings. The molecule has 90 valence electrons. The zero-order chi connectivity index (χ0) is 12.8. The van der Waals surface area contributed by atoms with Gasteiger partial charge in [-0.15, -0.1) is 0 Å². The third-order valence-corrected chi connectivity index (χ3v) is 2.71. The molecule has 4 nitrogen and oxygen atoms in total. The van der Waals surface area contributed by atoms with Crippen molar-refractivity contribution in [3.05, 3.63) is 28.0 Å². The van der Waals surface area contributed by atoms with Gasteiger partial charge in [0.2, 0.25) is 0 Å². The Bertz CT molecular complexity index is 457. The Balaban J connectivity index is 2.90. The van der Waals surface area contributed by atoms with Crippen molar-refractivity contribution in [2.75, 3.05) is 13.1 Å². The molecule has 0 saturated heterocycles. The van der Waals surface area contributed by atoms with Gasteiger partial charge in [0.1, 0.15) is 10.3 Å². The fourth-order valence-corrected chi connectivity index (χ4v) is 1.76. The summed E-state index contributed by atoms with van der Waals surface area (Å²) in [7, 11) is 0. The van der Waals surface area contributed by atoms with E-state index in [1.165, 1.54) is 12.1 Å². The van der Waals surface area contributed by atoms with Gasteiger partial charge in [-0.2, -0.15) is 5.26 Å². The molecule has 1 aromatic heterocycles. The summed E-state index contributed by atoms with van der Waals surface area (Å²) >= 11 is 11.5. The van der Waals surface area contributed by atoms with E-state index in [4.69, 9.17) is 28.5 Å². The Kier molecular flexibility index (Phi) is 5.20. The molecule has 6 heteroatoms. The summed E-state index contributed by atoms with van der Waals surface area (Å²) in [5.41, 5.74) is 0.302. The Morgan fingerprint density at radius 3 is 2.76 bits per heavy atom. The first-order valence-electron chi connectivity index (χ1n) is 5.08. The molecule has 17 heavy (non-hydrogen) atoms. The van der Waals surface area contributed by atoms with Gasteiger partial charge in [-0.05, 0) is 19.1 Å². The van der Waals surface area contributed by atoms with Crippen molar-refractivity contribution in [3.8, 4) is 6.07 Å². The molecule has 0 saturated carbocycles. The summed E-state index contributed by atoms with van der Waals surface area (Å²) in [6.45, 7) is 2.73. The number of rotatable bonds is 4. The van der Waals surface area contributed by atoms with Crippen LogP contribution in [0.4, 0.5) is 0 Å². The number of nitrogens with zero attached hydrogens (tertiary/aromatic N) is 3. The van der Waals surface area contributed by atoms with E-state index in [1.807, 2.05) is 13.0 Å². The number of hydrogen-bond acceptors (Lipinski definition) is 3. The van der Waals surface area contributed by atoms with Gasteiger partial charge in [-0.25, -0.2) is 4.98 Å². The molecule has 1 rings (SSSR count). The van der Waals surface area contributed by atoms with E-state index in [2.05, 4.69) is 4.98 Å². The van der Waals surface area contributed by atoms with Gasteiger partial charge in [-0.3, -0.25) is 4.79 Å². The zero-order valence-electron chi connectivity index (χ0n) is 9.28. The van der Waals surface area contributed by atoms with Crippen LogP contribution in [0.1, 0.15) is 23.7 Å². The maximum atomic E-state index is 12.1. The molecule has 0 aliphatic rings. The van der Waals surface area contributed by atoms with Gasteiger partial charge >= 0.3 is 0 Å². The highest BCUT2D eigenvalue weighted by molar-refractivity contribution is 6.34. The minimum atomic E-state index is -0.239. The molecule has 0 radical (unpaired) electrons. The van der Waals surface area contributed by atoms with E-state index < -0.39 is 0 Å². The molecule has 0 aliphatic carbocycles. The average Bonchev–Trinajstić information content (AvgIpc) is 2.29. The highest BCUT2D eigenvalue weighted by atomic mass is 35.5. The minimum Gasteiger partial charge on any atom is -0.338 e. The van der Waals surface area contributed by atoms with Gasteiger partial charge in [0.25, 0.3) is 5.91 Å². The number of nitriles is 1. The number of pyridine rings is 1. The largest absolute Gasteiger partial charge is 0.338 e. The van der Waals surface area contributed by atoms with Gasteiger partial charge in [0.15, 0.2) is 0 Å². The molecular formula is C11H11Cl2N3O. The summed E-state index contributed by atoms with van der Waals surface area (Å²) in [5, 5.41) is 8.83. The van der Waals surface area contributed by atoms with Crippen LogP contribution in [0.3, 0.4) is 0 Å². The van der Waals surface area contributed by atoms with E-state index in [-0.39, 0.29) is 22.6 Å². The summed E-state index contributed by atoms with van der Waals surface area (Å²) in [6.07, 6.45) is 0.290. The summed E-state index contributed by atoms with van der Waals surface area (Å²) in [4.78, 5) is 17.4. The molecule has 0 aliphatic heterocycles. The zero-order valence-corrected chi connectivity index (χ0v) is 10.8. The number of hydrogen-bond donors (Lipinski definition) is 0. The van der Waals surface area contributed by atoms with Crippen molar-refractivity contribution in [2.24, 2.45) is 0 Å². The second kappa shape index (κ2) is 6.43. The van der Waals surface area contributed by atoms with Crippen LogP contribution in [0.15, 0.2) is 12.1 Å². The van der Waals surface area contributed by atoms with Crippen molar-refractivity contribution >= 4 is 29.1 Å². The van der Waals surface area contributed by atoms with Crippen molar-refractivity contribution in [1.82, 2.24) is 9.88 Å². The van der Waals surface area contributed by atoms with E-state index in [9.17, 15) is 4.79 Å². The van der Waals surface area contributed by atoms with Gasteiger partial charge < -0.3 is 4.90 Å². The lowest BCUT2D eigenvalue weighted by Gasteiger charge is -2.19. The van der Waals surface area contributed by atoms with Crippen molar-refractivity contribution in [3.63, 3.8) is 0 Å². The van der Waals surface area contributed by atoms with Crippen LogP contribution < -0.4 is 0 Å². The lowest BCUT2D eigenvalue weighted by Crippen LogP contribution is -2.32. The molecule has 0 bridgehead atoms. The van der Waals surface area contributed by atoms with Crippen molar-refractivity contribution in [2.45, 2.75) is 13.3 Å². The SMILES string of the molecule is CCN(CCC#N)C(=O)c1ccc(Cl)nc1Cl. The lowest BCUT2D eigenvalue weighted by atomic mass is 10.2. The average molecular weight is 272 g/mol. The molecule has 0 N–H and O–H groups in total. The standard InChI is InChI=1S/C11H11Cl2N3O/c1-2-16(7-3-6-14)11(17)8-4-5-9(12)15-10(8)13/h4-5H,2-3,7H2,1H3. The molecule has 0 aromatic carbocycles. The number of amides is 1. The van der Waals surface area contributed by atoms with E-state index in [1.54, 1.807) is 4.90 Å². The number of carbonyl (C=O) groups excluding carboxylic acids is 1. The highest BCUT2D eigenvalue weighted by Crippen LogP contribution is 2.18. The predicted octanol–water partition coefficient (Wildman–Crippen LogP) is 2.76. The first-order chi connectivity index (χ1) is 8.10. The fourth-order valence-electron chi connectivity index (χ4n) is 1.33. The Labute approximate surface area is 110 Å². The van der Waals surface area contributed by atoms with Crippen LogP contribution in [0.25, 0.3) is 0 Å². The minimum absolute atomic E-state index is 0.0814. The van der Waals surface area contributed by atoms with Crippen LogP contribution in [0.5, 0.6) is 0 Å². The van der Waals surface area contributed by atoms with Gasteiger partial charge in [0.05, 0.1) is 18.1 Å². The van der Waals surface area contributed by atoms with E-state index >= 15 is 0 Å². The number of carbonyl (C=O) groups is 1. The fraction of sp³-hybridized carbons (Fsp3) is 0.364. The molecule has 0 atom stereocenters. The normalized spacial score (nSPS) is 9.76. The van der Waals surface area contributed by atoms with Gasteiger partial charge in [0, 0.05) is 13.1 Å². The summed E-state index contributed by atoms with van der Waals surface area (Å²) in [5.74, 6) is -0.239. The summed E-state index contributed by atoms with van der Waals surface area (Å²) in [6, 6.07) is 5.05. The third-order valence-electron chi connectivity index (χ3n) is 2.21. The number of aromatic nitrogens is 1. The second-order valence-corrected chi connectivity index (χ2v) is 4.01. The van der Waals surface area contributed by atoms with Crippen LogP contribution >= 0.6 is 23.2 Å². The molecule has 0 unspecified atom stereocenters. The van der Waals surface area contributed by atoms with Crippen LogP contribution in [0, 0.1) is 11.3 Å². The Hall–Kier alpha value is -1.31. The molecule has 1 heterocycles. The van der Waals surface area contributed by atoms with Crippen molar-refractivity contribution < 1.29 is 4.79 Å². The first-order valence-corrected chi connectivity index (χ1v) is 5.84. The molecule has 1 amide bonds. The van der Waals surface area contributed by atoms with E-state index in [0.29, 0.717) is 18.7 Å².